The molecule has 3 heterocycles. The first-order chi connectivity index (χ1) is 11.3. The van der Waals surface area contributed by atoms with Crippen LogP contribution in [0.25, 0.3) is 11.2 Å². The second-order valence-corrected chi connectivity index (χ2v) is 6.31. The van der Waals surface area contributed by atoms with Crippen LogP contribution >= 0.6 is 11.8 Å². The van der Waals surface area contributed by atoms with Crippen LogP contribution in [0.15, 0.2) is 41.9 Å². The predicted molar refractivity (Wildman–Crippen MR) is 85.5 cm³/mol. The first kappa shape index (κ1) is 14.6. The smallest absolute Gasteiger partial charge is 0.166 e. The van der Waals surface area contributed by atoms with Gasteiger partial charge in [0.05, 0.1) is 6.33 Å². The highest BCUT2D eigenvalue weighted by atomic mass is 32.2. The lowest BCUT2D eigenvalue weighted by molar-refractivity contribution is 0.0593. The van der Waals surface area contributed by atoms with E-state index in [1.165, 1.54) is 24.2 Å². The van der Waals surface area contributed by atoms with Gasteiger partial charge in [-0.05, 0) is 24.5 Å². The summed E-state index contributed by atoms with van der Waals surface area (Å²) in [6.07, 6.45) is 5.29. The fourth-order valence-electron chi connectivity index (χ4n) is 2.69. The van der Waals surface area contributed by atoms with Gasteiger partial charge < -0.3 is 4.74 Å². The molecule has 2 aromatic heterocycles. The van der Waals surface area contributed by atoms with E-state index in [0.717, 1.165) is 35.6 Å². The van der Waals surface area contributed by atoms with E-state index < -0.39 is 0 Å². The van der Waals surface area contributed by atoms with E-state index in [4.69, 9.17) is 4.74 Å². The summed E-state index contributed by atoms with van der Waals surface area (Å²) in [6.45, 7) is 0.768. The molecule has 0 bridgehead atoms. The number of thioether (sulfide) groups is 1. The first-order valence-corrected chi connectivity index (χ1v) is 8.47. The van der Waals surface area contributed by atoms with E-state index in [1.807, 2.05) is 10.6 Å². The van der Waals surface area contributed by atoms with Crippen molar-refractivity contribution in [3.63, 3.8) is 0 Å². The summed E-state index contributed by atoms with van der Waals surface area (Å²) in [7, 11) is 0. The van der Waals surface area contributed by atoms with Crippen molar-refractivity contribution in [1.82, 2.24) is 19.5 Å². The summed E-state index contributed by atoms with van der Waals surface area (Å²) in [4.78, 5) is 13.1. The number of aromatic nitrogens is 4. The third-order valence-electron chi connectivity index (χ3n) is 3.86. The van der Waals surface area contributed by atoms with Crippen molar-refractivity contribution in [3.05, 3.63) is 48.3 Å². The van der Waals surface area contributed by atoms with Gasteiger partial charge >= 0.3 is 0 Å². The van der Waals surface area contributed by atoms with E-state index in [2.05, 4.69) is 15.0 Å². The Bertz CT molecular complexity index is 832. The van der Waals surface area contributed by atoms with Crippen molar-refractivity contribution in [2.24, 2.45) is 0 Å². The van der Waals surface area contributed by atoms with Gasteiger partial charge in [0.2, 0.25) is 0 Å². The monoisotopic (exact) mass is 330 g/mol. The maximum absolute atomic E-state index is 13.7. The second-order valence-electron chi connectivity index (χ2n) is 5.35. The SMILES string of the molecule is Fc1ccccc1CSc1ncnc2c1ncn2[C@@H]1CCCO1. The molecule has 7 heteroatoms. The van der Waals surface area contributed by atoms with Crippen LogP contribution in [-0.2, 0) is 10.5 Å². The number of rotatable bonds is 4. The van der Waals surface area contributed by atoms with E-state index in [0.29, 0.717) is 11.3 Å². The minimum absolute atomic E-state index is 0.000632. The van der Waals surface area contributed by atoms with Crippen LogP contribution < -0.4 is 0 Å². The van der Waals surface area contributed by atoms with Crippen molar-refractivity contribution in [2.75, 3.05) is 6.61 Å². The normalized spacial score (nSPS) is 17.9. The standard InChI is InChI=1S/C16H15FN4OS/c17-12-5-2-1-4-11(12)8-23-16-14-15(18-9-19-16)21(10-20-14)13-6-3-7-22-13/h1-2,4-5,9-10,13H,3,6-8H2/t13-/m0/s1. The van der Waals surface area contributed by atoms with Crippen LogP contribution in [0.5, 0.6) is 0 Å². The van der Waals surface area contributed by atoms with Gasteiger partial charge in [0.25, 0.3) is 0 Å². The number of halogens is 1. The van der Waals surface area contributed by atoms with Crippen LogP contribution in [0.3, 0.4) is 0 Å². The Morgan fingerprint density at radius 2 is 2.17 bits per heavy atom. The summed E-state index contributed by atoms with van der Waals surface area (Å²) in [6, 6.07) is 6.78. The van der Waals surface area contributed by atoms with Crippen LogP contribution in [0, 0.1) is 5.82 Å². The summed E-state index contributed by atoms with van der Waals surface area (Å²) in [5.74, 6) is 0.307. The molecule has 1 aliphatic heterocycles. The van der Waals surface area contributed by atoms with E-state index >= 15 is 0 Å². The summed E-state index contributed by atoms with van der Waals surface area (Å²) < 4.78 is 21.4. The van der Waals surface area contributed by atoms with Gasteiger partial charge in [-0.2, -0.15) is 0 Å². The van der Waals surface area contributed by atoms with Crippen molar-refractivity contribution in [1.29, 1.82) is 0 Å². The molecule has 1 atom stereocenters. The Morgan fingerprint density at radius 3 is 3.00 bits per heavy atom. The quantitative estimate of drug-likeness (QED) is 0.541. The van der Waals surface area contributed by atoms with Crippen molar-refractivity contribution in [3.8, 4) is 0 Å². The van der Waals surface area contributed by atoms with Gasteiger partial charge in [-0.15, -0.1) is 0 Å². The zero-order chi connectivity index (χ0) is 15.6. The number of imidazole rings is 1. The van der Waals surface area contributed by atoms with Gasteiger partial charge in [0.15, 0.2) is 5.65 Å². The summed E-state index contributed by atoms with van der Waals surface area (Å²) in [5, 5.41) is 0.759. The minimum atomic E-state index is -0.199. The van der Waals surface area contributed by atoms with Crippen molar-refractivity contribution < 1.29 is 9.13 Å². The Balaban J connectivity index is 1.62. The Morgan fingerprint density at radius 1 is 1.26 bits per heavy atom. The van der Waals surface area contributed by atoms with Gasteiger partial charge in [0.1, 0.15) is 28.9 Å². The summed E-state index contributed by atoms with van der Waals surface area (Å²) in [5.41, 5.74) is 2.16. The Labute approximate surface area is 136 Å². The van der Waals surface area contributed by atoms with E-state index in [9.17, 15) is 4.39 Å². The first-order valence-electron chi connectivity index (χ1n) is 7.48. The molecule has 5 nitrogen and oxygen atoms in total. The lowest BCUT2D eigenvalue weighted by Crippen LogP contribution is -2.06. The molecule has 0 radical (unpaired) electrons. The van der Waals surface area contributed by atoms with Gasteiger partial charge in [0, 0.05) is 12.4 Å². The van der Waals surface area contributed by atoms with E-state index in [1.54, 1.807) is 18.5 Å². The number of hydrogen-bond acceptors (Lipinski definition) is 5. The minimum Gasteiger partial charge on any atom is -0.358 e. The van der Waals surface area contributed by atoms with Crippen LogP contribution in [0.1, 0.15) is 24.6 Å². The molecule has 1 aliphatic rings. The zero-order valence-electron chi connectivity index (χ0n) is 12.4. The molecule has 1 fully saturated rings. The number of benzene rings is 1. The number of ether oxygens (including phenoxy) is 1. The lowest BCUT2D eigenvalue weighted by atomic mass is 10.2. The molecule has 0 saturated carbocycles. The molecule has 0 unspecified atom stereocenters. The van der Waals surface area contributed by atoms with Crippen molar-refractivity contribution in [2.45, 2.75) is 29.8 Å². The molecule has 23 heavy (non-hydrogen) atoms. The van der Waals surface area contributed by atoms with Gasteiger partial charge in [-0.3, -0.25) is 4.57 Å². The fraction of sp³-hybridized carbons (Fsp3) is 0.312. The Hall–Kier alpha value is -1.99. The molecule has 0 spiro atoms. The number of fused-ring (bicyclic) bond motifs is 1. The maximum atomic E-state index is 13.7. The molecule has 1 saturated heterocycles. The van der Waals surface area contributed by atoms with Crippen LogP contribution in [0.4, 0.5) is 4.39 Å². The van der Waals surface area contributed by atoms with Crippen molar-refractivity contribution >= 4 is 22.9 Å². The maximum Gasteiger partial charge on any atom is 0.166 e. The predicted octanol–water partition coefficient (Wildman–Crippen LogP) is 3.57. The Kier molecular flexibility index (Phi) is 3.97. The molecule has 118 valence electrons. The summed E-state index contributed by atoms with van der Waals surface area (Å²) >= 11 is 1.47. The van der Waals surface area contributed by atoms with Crippen LogP contribution in [-0.4, -0.2) is 26.1 Å². The fourth-order valence-corrected chi connectivity index (χ4v) is 3.62. The molecule has 1 aromatic carbocycles. The second kappa shape index (κ2) is 6.25. The molecule has 0 N–H and O–H groups in total. The largest absolute Gasteiger partial charge is 0.358 e. The zero-order valence-corrected chi connectivity index (χ0v) is 13.2. The highest BCUT2D eigenvalue weighted by molar-refractivity contribution is 7.98. The van der Waals surface area contributed by atoms with Gasteiger partial charge in [-0.25, -0.2) is 19.3 Å². The average molecular weight is 330 g/mol. The molecule has 0 amide bonds. The highest BCUT2D eigenvalue weighted by Crippen LogP contribution is 2.30. The molecule has 4 rings (SSSR count). The average Bonchev–Trinajstić information content (AvgIpc) is 3.23. The van der Waals surface area contributed by atoms with Crippen LogP contribution in [0.2, 0.25) is 0 Å². The van der Waals surface area contributed by atoms with E-state index in [-0.39, 0.29) is 12.0 Å². The van der Waals surface area contributed by atoms with Gasteiger partial charge in [-0.1, -0.05) is 30.0 Å². The highest BCUT2D eigenvalue weighted by Gasteiger charge is 2.21. The number of hydrogen-bond donors (Lipinski definition) is 0. The molecular weight excluding hydrogens is 315 g/mol. The third kappa shape index (κ3) is 2.82. The molecule has 3 aromatic rings. The lowest BCUT2D eigenvalue weighted by Gasteiger charge is -2.11. The molecule has 0 aliphatic carbocycles. The third-order valence-corrected chi connectivity index (χ3v) is 4.89. The molecular formula is C16H15FN4OS. The topological polar surface area (TPSA) is 52.8 Å². The number of nitrogens with zero attached hydrogens (tertiary/aromatic N) is 4.